The number of pyridine rings is 1. The number of hydrogen-bond acceptors (Lipinski definition) is 2. The normalized spacial score (nSPS) is 25.9. The predicted molar refractivity (Wildman–Crippen MR) is 76.5 cm³/mol. The highest BCUT2D eigenvalue weighted by Gasteiger charge is 2.27. The number of nitrogens with zero attached hydrogens (tertiary/aromatic N) is 1. The second kappa shape index (κ2) is 6.33. The van der Waals surface area contributed by atoms with E-state index in [0.29, 0.717) is 6.04 Å². The number of nitrogens with one attached hydrogen (secondary N) is 1. The Balaban J connectivity index is 2.05. The summed E-state index contributed by atoms with van der Waals surface area (Å²) in [6, 6.07) is 4.74. The molecular weight excluding hydrogens is 220 g/mol. The van der Waals surface area contributed by atoms with Gasteiger partial charge in [-0.15, -0.1) is 0 Å². The van der Waals surface area contributed by atoms with Crippen LogP contribution >= 0.6 is 0 Å². The standard InChI is InChI=1S/C16H26N2/c1-4-13-5-7-14(8-6-13)16(17-3)15-11-12(2)9-10-18-15/h9-11,13-14,16-17H,4-8H2,1-3H3. The van der Waals surface area contributed by atoms with Crippen LogP contribution in [0.5, 0.6) is 0 Å². The molecule has 1 fully saturated rings. The number of aryl methyl sites for hydroxylation is 1. The van der Waals surface area contributed by atoms with Crippen molar-refractivity contribution in [2.24, 2.45) is 11.8 Å². The molecule has 2 nitrogen and oxygen atoms in total. The van der Waals surface area contributed by atoms with Crippen LogP contribution in [0.3, 0.4) is 0 Å². The maximum Gasteiger partial charge on any atom is 0.0578 e. The molecule has 1 aliphatic rings. The van der Waals surface area contributed by atoms with Gasteiger partial charge in [-0.1, -0.05) is 26.2 Å². The second-order valence-corrected chi connectivity index (χ2v) is 5.71. The summed E-state index contributed by atoms with van der Waals surface area (Å²) in [5.41, 5.74) is 2.53. The van der Waals surface area contributed by atoms with Crippen molar-refractivity contribution in [3.05, 3.63) is 29.6 Å². The van der Waals surface area contributed by atoms with Crippen LogP contribution < -0.4 is 5.32 Å². The van der Waals surface area contributed by atoms with E-state index in [1.165, 1.54) is 43.4 Å². The van der Waals surface area contributed by atoms with Crippen LogP contribution in [0.1, 0.15) is 56.3 Å². The summed E-state index contributed by atoms with van der Waals surface area (Å²) < 4.78 is 0. The molecular formula is C16H26N2. The molecule has 0 aliphatic heterocycles. The molecule has 0 spiro atoms. The molecule has 1 atom stereocenters. The average molecular weight is 246 g/mol. The van der Waals surface area contributed by atoms with Crippen molar-refractivity contribution in [2.75, 3.05) is 7.05 Å². The molecule has 2 rings (SSSR count). The molecule has 18 heavy (non-hydrogen) atoms. The Morgan fingerprint density at radius 2 is 2.06 bits per heavy atom. The van der Waals surface area contributed by atoms with E-state index in [0.717, 1.165) is 11.8 Å². The van der Waals surface area contributed by atoms with E-state index in [1.54, 1.807) is 0 Å². The van der Waals surface area contributed by atoms with Crippen LogP contribution in [-0.4, -0.2) is 12.0 Å². The van der Waals surface area contributed by atoms with Crippen molar-refractivity contribution in [1.82, 2.24) is 10.3 Å². The first-order valence-electron chi connectivity index (χ1n) is 7.34. The maximum absolute atomic E-state index is 4.56. The monoisotopic (exact) mass is 246 g/mol. The van der Waals surface area contributed by atoms with E-state index in [2.05, 4.69) is 43.3 Å². The fourth-order valence-electron chi connectivity index (χ4n) is 3.28. The Hall–Kier alpha value is -0.890. The van der Waals surface area contributed by atoms with Gasteiger partial charge in [0.15, 0.2) is 0 Å². The van der Waals surface area contributed by atoms with Gasteiger partial charge in [0.05, 0.1) is 11.7 Å². The molecule has 0 aromatic carbocycles. The fourth-order valence-corrected chi connectivity index (χ4v) is 3.28. The molecule has 0 radical (unpaired) electrons. The van der Waals surface area contributed by atoms with Crippen LogP contribution in [0.4, 0.5) is 0 Å². The van der Waals surface area contributed by atoms with Gasteiger partial charge in [-0.2, -0.15) is 0 Å². The summed E-state index contributed by atoms with van der Waals surface area (Å²) in [6.07, 6.45) is 8.77. The molecule has 1 aromatic rings. The summed E-state index contributed by atoms with van der Waals surface area (Å²) >= 11 is 0. The average Bonchev–Trinajstić information content (AvgIpc) is 2.40. The molecule has 1 unspecified atom stereocenters. The van der Waals surface area contributed by atoms with E-state index >= 15 is 0 Å². The lowest BCUT2D eigenvalue weighted by Gasteiger charge is -2.33. The Morgan fingerprint density at radius 3 is 2.61 bits per heavy atom. The minimum absolute atomic E-state index is 0.433. The molecule has 0 amide bonds. The van der Waals surface area contributed by atoms with Gasteiger partial charge in [0.2, 0.25) is 0 Å². The highest BCUT2D eigenvalue weighted by molar-refractivity contribution is 5.18. The van der Waals surface area contributed by atoms with Crippen LogP contribution in [0, 0.1) is 18.8 Å². The van der Waals surface area contributed by atoms with Crippen molar-refractivity contribution >= 4 is 0 Å². The Bertz CT molecular complexity index is 367. The van der Waals surface area contributed by atoms with Crippen molar-refractivity contribution in [1.29, 1.82) is 0 Å². The first-order valence-corrected chi connectivity index (χ1v) is 7.34. The van der Waals surface area contributed by atoms with Gasteiger partial charge < -0.3 is 5.32 Å². The molecule has 0 saturated heterocycles. The third-order valence-electron chi connectivity index (χ3n) is 4.51. The van der Waals surface area contributed by atoms with Crippen LogP contribution in [-0.2, 0) is 0 Å². The van der Waals surface area contributed by atoms with E-state index in [1.807, 2.05) is 6.20 Å². The van der Waals surface area contributed by atoms with Crippen molar-refractivity contribution in [2.45, 2.75) is 52.0 Å². The Kier molecular flexibility index (Phi) is 4.76. The molecule has 1 saturated carbocycles. The van der Waals surface area contributed by atoms with Gasteiger partial charge in [-0.25, -0.2) is 0 Å². The minimum atomic E-state index is 0.433. The lowest BCUT2D eigenvalue weighted by molar-refractivity contribution is 0.222. The highest BCUT2D eigenvalue weighted by atomic mass is 14.9. The number of rotatable bonds is 4. The van der Waals surface area contributed by atoms with Gasteiger partial charge in [0.1, 0.15) is 0 Å². The van der Waals surface area contributed by atoms with Crippen LogP contribution in [0.25, 0.3) is 0 Å². The third-order valence-corrected chi connectivity index (χ3v) is 4.51. The van der Waals surface area contributed by atoms with E-state index < -0.39 is 0 Å². The molecule has 1 aliphatic carbocycles. The largest absolute Gasteiger partial charge is 0.311 e. The third kappa shape index (κ3) is 3.11. The topological polar surface area (TPSA) is 24.9 Å². The smallest absolute Gasteiger partial charge is 0.0578 e. The summed E-state index contributed by atoms with van der Waals surface area (Å²) in [5.74, 6) is 1.72. The summed E-state index contributed by atoms with van der Waals surface area (Å²) in [6.45, 7) is 4.47. The summed E-state index contributed by atoms with van der Waals surface area (Å²) in [7, 11) is 2.07. The van der Waals surface area contributed by atoms with Crippen molar-refractivity contribution < 1.29 is 0 Å². The Labute approximate surface area is 111 Å². The van der Waals surface area contributed by atoms with Crippen molar-refractivity contribution in [3.63, 3.8) is 0 Å². The summed E-state index contributed by atoms with van der Waals surface area (Å²) in [5, 5.41) is 3.49. The van der Waals surface area contributed by atoms with Crippen LogP contribution in [0.2, 0.25) is 0 Å². The lowest BCUT2D eigenvalue weighted by Crippen LogP contribution is -2.29. The quantitative estimate of drug-likeness (QED) is 0.872. The SMILES string of the molecule is CCC1CCC(C(NC)c2cc(C)ccn2)CC1. The zero-order valence-corrected chi connectivity index (χ0v) is 11.9. The highest BCUT2D eigenvalue weighted by Crippen LogP contribution is 2.37. The van der Waals surface area contributed by atoms with Crippen LogP contribution in [0.15, 0.2) is 18.3 Å². The molecule has 2 heteroatoms. The van der Waals surface area contributed by atoms with Gasteiger partial charge >= 0.3 is 0 Å². The minimum Gasteiger partial charge on any atom is -0.311 e. The molecule has 0 bridgehead atoms. The van der Waals surface area contributed by atoms with Gasteiger partial charge in [0, 0.05) is 6.20 Å². The van der Waals surface area contributed by atoms with E-state index in [9.17, 15) is 0 Å². The summed E-state index contributed by atoms with van der Waals surface area (Å²) in [4.78, 5) is 4.56. The molecule has 100 valence electrons. The predicted octanol–water partition coefficient (Wildman–Crippen LogP) is 3.87. The first-order chi connectivity index (χ1) is 8.74. The zero-order valence-electron chi connectivity index (χ0n) is 11.9. The second-order valence-electron chi connectivity index (χ2n) is 5.71. The molecule has 1 N–H and O–H groups in total. The Morgan fingerprint density at radius 1 is 1.33 bits per heavy atom. The zero-order chi connectivity index (χ0) is 13.0. The lowest BCUT2D eigenvalue weighted by atomic mass is 9.77. The van der Waals surface area contributed by atoms with E-state index in [4.69, 9.17) is 0 Å². The molecule has 1 heterocycles. The molecule has 1 aromatic heterocycles. The van der Waals surface area contributed by atoms with Crippen molar-refractivity contribution in [3.8, 4) is 0 Å². The van der Waals surface area contributed by atoms with Gasteiger partial charge in [-0.3, -0.25) is 4.98 Å². The fraction of sp³-hybridized carbons (Fsp3) is 0.688. The number of aromatic nitrogens is 1. The first kappa shape index (κ1) is 13.5. The van der Waals surface area contributed by atoms with Gasteiger partial charge in [0.25, 0.3) is 0 Å². The van der Waals surface area contributed by atoms with E-state index in [-0.39, 0.29) is 0 Å². The maximum atomic E-state index is 4.56. The number of hydrogen-bond donors (Lipinski definition) is 1. The van der Waals surface area contributed by atoms with Gasteiger partial charge in [-0.05, 0) is 56.3 Å².